The van der Waals surface area contributed by atoms with Crippen LogP contribution >= 0.6 is 15.9 Å². The minimum Gasteiger partial charge on any atom is -0.465 e. The number of esters is 1. The van der Waals surface area contributed by atoms with Crippen LogP contribution in [0.1, 0.15) is 23.7 Å². The molecule has 6 heteroatoms. The van der Waals surface area contributed by atoms with Gasteiger partial charge in [-0.15, -0.1) is 0 Å². The second kappa shape index (κ2) is 5.51. The Morgan fingerprint density at radius 2 is 2.38 bits per heavy atom. The van der Waals surface area contributed by atoms with E-state index in [0.717, 1.165) is 26.6 Å². The average Bonchev–Trinajstić information content (AvgIpc) is 2.87. The average molecular weight is 348 g/mol. The zero-order chi connectivity index (χ0) is 15.0. The van der Waals surface area contributed by atoms with Gasteiger partial charge in [-0.3, -0.25) is 10.1 Å². The lowest BCUT2D eigenvalue weighted by Crippen LogP contribution is -2.42. The fraction of sp³-hybridized carbons (Fsp3) is 0.333. The van der Waals surface area contributed by atoms with E-state index >= 15 is 0 Å². The van der Waals surface area contributed by atoms with Crippen LogP contribution < -0.4 is 5.32 Å². The Morgan fingerprint density at radius 1 is 1.57 bits per heavy atom. The molecule has 2 heterocycles. The van der Waals surface area contributed by atoms with Gasteiger partial charge in [0.15, 0.2) is 0 Å². The summed E-state index contributed by atoms with van der Waals surface area (Å²) in [6.45, 7) is 2.75. The summed E-state index contributed by atoms with van der Waals surface area (Å²) in [5.74, 6) is -0.235. The highest BCUT2D eigenvalue weighted by Crippen LogP contribution is 2.34. The lowest BCUT2D eigenvalue weighted by atomic mass is 10.00. The SMILES string of the molecule is CCOC(=O)C1Cc2[nH]c3c(C#N)ccc(Br)c3c2CN1. The van der Waals surface area contributed by atoms with Gasteiger partial charge in [0.1, 0.15) is 12.1 Å². The van der Waals surface area contributed by atoms with Crippen molar-refractivity contribution in [3.05, 3.63) is 33.4 Å². The number of benzene rings is 1. The van der Waals surface area contributed by atoms with E-state index in [4.69, 9.17) is 4.74 Å². The van der Waals surface area contributed by atoms with Crippen molar-refractivity contribution in [2.75, 3.05) is 6.61 Å². The summed E-state index contributed by atoms with van der Waals surface area (Å²) in [7, 11) is 0. The van der Waals surface area contributed by atoms with Crippen LogP contribution in [-0.2, 0) is 22.5 Å². The molecule has 3 rings (SSSR count). The number of ether oxygens (including phenoxy) is 1. The van der Waals surface area contributed by atoms with Crippen LogP contribution in [0.5, 0.6) is 0 Å². The van der Waals surface area contributed by atoms with E-state index in [0.29, 0.717) is 25.1 Å². The number of aromatic nitrogens is 1. The van der Waals surface area contributed by atoms with Gasteiger partial charge in [0, 0.05) is 28.5 Å². The van der Waals surface area contributed by atoms with Gasteiger partial charge in [-0.25, -0.2) is 0 Å². The summed E-state index contributed by atoms with van der Waals surface area (Å²) in [6, 6.07) is 5.52. The largest absolute Gasteiger partial charge is 0.465 e. The fourth-order valence-corrected chi connectivity index (χ4v) is 3.32. The van der Waals surface area contributed by atoms with Gasteiger partial charge in [-0.1, -0.05) is 15.9 Å². The Hall–Kier alpha value is -1.84. The molecule has 1 aliphatic rings. The predicted octanol–water partition coefficient (Wildman–Crippen LogP) is 2.38. The highest BCUT2D eigenvalue weighted by molar-refractivity contribution is 9.10. The topological polar surface area (TPSA) is 77.9 Å². The molecule has 0 aliphatic carbocycles. The zero-order valence-corrected chi connectivity index (χ0v) is 13.1. The predicted molar refractivity (Wildman–Crippen MR) is 81.7 cm³/mol. The number of hydrogen-bond acceptors (Lipinski definition) is 4. The molecule has 0 saturated heterocycles. The molecule has 108 valence electrons. The van der Waals surface area contributed by atoms with Gasteiger partial charge in [0.2, 0.25) is 0 Å². The van der Waals surface area contributed by atoms with Crippen molar-refractivity contribution >= 4 is 32.8 Å². The summed E-state index contributed by atoms with van der Waals surface area (Å²) >= 11 is 3.54. The van der Waals surface area contributed by atoms with Crippen molar-refractivity contribution < 1.29 is 9.53 Å². The molecule has 0 spiro atoms. The van der Waals surface area contributed by atoms with E-state index in [-0.39, 0.29) is 12.0 Å². The van der Waals surface area contributed by atoms with Gasteiger partial charge in [-0.05, 0) is 24.6 Å². The molecule has 1 unspecified atom stereocenters. The zero-order valence-electron chi connectivity index (χ0n) is 11.5. The summed E-state index contributed by atoms with van der Waals surface area (Å²) in [5, 5.41) is 13.4. The number of carbonyl (C=O) groups excluding carboxylic acids is 1. The van der Waals surface area contributed by atoms with E-state index < -0.39 is 0 Å². The minimum absolute atomic E-state index is 0.235. The quantitative estimate of drug-likeness (QED) is 0.817. The first-order chi connectivity index (χ1) is 10.2. The molecule has 1 atom stereocenters. The lowest BCUT2D eigenvalue weighted by molar-refractivity contribution is -0.145. The van der Waals surface area contributed by atoms with Crippen molar-refractivity contribution in [1.82, 2.24) is 10.3 Å². The van der Waals surface area contributed by atoms with Gasteiger partial charge >= 0.3 is 5.97 Å². The molecule has 1 aromatic heterocycles. The van der Waals surface area contributed by atoms with E-state index in [1.165, 1.54) is 0 Å². The maximum absolute atomic E-state index is 11.9. The highest BCUT2D eigenvalue weighted by atomic mass is 79.9. The summed E-state index contributed by atoms with van der Waals surface area (Å²) in [4.78, 5) is 15.2. The number of halogens is 1. The Labute approximate surface area is 130 Å². The Balaban J connectivity index is 2.05. The van der Waals surface area contributed by atoms with Gasteiger partial charge in [-0.2, -0.15) is 5.26 Å². The number of rotatable bonds is 2. The molecule has 0 bridgehead atoms. The third kappa shape index (κ3) is 2.33. The van der Waals surface area contributed by atoms with Gasteiger partial charge in [0.25, 0.3) is 0 Å². The van der Waals surface area contributed by atoms with E-state index in [2.05, 4.69) is 32.3 Å². The van der Waals surface area contributed by atoms with Crippen molar-refractivity contribution in [3.63, 3.8) is 0 Å². The molecule has 0 amide bonds. The monoisotopic (exact) mass is 347 g/mol. The first kappa shape index (κ1) is 14.1. The molecule has 2 N–H and O–H groups in total. The summed E-state index contributed by atoms with van der Waals surface area (Å²) in [5.41, 5.74) is 3.53. The normalized spacial score (nSPS) is 17.3. The number of nitriles is 1. The Bertz CT molecular complexity index is 760. The number of fused-ring (bicyclic) bond motifs is 3. The Kier molecular flexibility index (Phi) is 3.70. The van der Waals surface area contributed by atoms with E-state index in [1.807, 2.05) is 6.07 Å². The van der Waals surface area contributed by atoms with Crippen LogP contribution in [0, 0.1) is 11.3 Å². The van der Waals surface area contributed by atoms with Gasteiger partial charge < -0.3 is 9.72 Å². The molecule has 0 saturated carbocycles. The van der Waals surface area contributed by atoms with Crippen molar-refractivity contribution in [2.24, 2.45) is 0 Å². The molecule has 0 radical (unpaired) electrons. The first-order valence-electron chi connectivity index (χ1n) is 6.77. The number of nitrogens with zero attached hydrogens (tertiary/aromatic N) is 1. The van der Waals surface area contributed by atoms with Crippen LogP contribution in [-0.4, -0.2) is 23.6 Å². The summed E-state index contributed by atoms with van der Waals surface area (Å²) in [6.07, 6.45) is 0.542. The number of hydrogen-bond donors (Lipinski definition) is 2. The Morgan fingerprint density at radius 3 is 3.10 bits per heavy atom. The number of nitrogens with one attached hydrogen (secondary N) is 2. The number of H-pyrrole nitrogens is 1. The highest BCUT2D eigenvalue weighted by Gasteiger charge is 2.28. The molecule has 0 fully saturated rings. The second-order valence-electron chi connectivity index (χ2n) is 4.93. The van der Waals surface area contributed by atoms with Crippen LogP contribution in [0.4, 0.5) is 0 Å². The van der Waals surface area contributed by atoms with E-state index in [9.17, 15) is 10.1 Å². The van der Waals surface area contributed by atoms with Crippen molar-refractivity contribution in [1.29, 1.82) is 5.26 Å². The number of carbonyl (C=O) groups is 1. The van der Waals surface area contributed by atoms with Crippen LogP contribution in [0.25, 0.3) is 10.9 Å². The first-order valence-corrected chi connectivity index (χ1v) is 7.57. The van der Waals surface area contributed by atoms with E-state index in [1.54, 1.807) is 13.0 Å². The minimum atomic E-state index is -0.338. The molecule has 1 aromatic carbocycles. The third-order valence-electron chi connectivity index (χ3n) is 3.72. The van der Waals surface area contributed by atoms with Gasteiger partial charge in [0.05, 0.1) is 17.7 Å². The number of aromatic amines is 1. The summed E-state index contributed by atoms with van der Waals surface area (Å²) < 4.78 is 6.01. The fourth-order valence-electron chi connectivity index (χ4n) is 2.75. The van der Waals surface area contributed by atoms with Crippen molar-refractivity contribution in [3.8, 4) is 6.07 Å². The van der Waals surface area contributed by atoms with Crippen molar-refractivity contribution in [2.45, 2.75) is 25.9 Å². The third-order valence-corrected chi connectivity index (χ3v) is 4.38. The second-order valence-corrected chi connectivity index (χ2v) is 5.78. The molecule has 2 aromatic rings. The van der Waals surface area contributed by atoms with Crippen LogP contribution in [0.2, 0.25) is 0 Å². The molecular weight excluding hydrogens is 334 g/mol. The molecular formula is C15H14BrN3O2. The standard InChI is InChI=1S/C15H14BrN3O2/c1-2-21-15(20)12-5-11-9(7-18-12)13-10(16)4-3-8(6-17)14(13)19-11/h3-4,12,18-19H,2,5,7H2,1H3. The molecule has 1 aliphatic heterocycles. The maximum atomic E-state index is 11.9. The maximum Gasteiger partial charge on any atom is 0.323 e. The molecule has 21 heavy (non-hydrogen) atoms. The lowest BCUT2D eigenvalue weighted by Gasteiger charge is -2.22. The van der Waals surface area contributed by atoms with Crippen LogP contribution in [0.15, 0.2) is 16.6 Å². The van der Waals surface area contributed by atoms with Crippen LogP contribution in [0.3, 0.4) is 0 Å². The molecule has 5 nitrogen and oxygen atoms in total. The smallest absolute Gasteiger partial charge is 0.323 e.